The van der Waals surface area contributed by atoms with E-state index in [1.807, 2.05) is 30.3 Å². The number of nitrogens with one attached hydrogen (secondary N) is 2. The molecule has 1 aromatic heterocycles. The molecular weight excluding hydrogens is 422 g/mol. The molecule has 0 aliphatic rings. The molecule has 0 atom stereocenters. The fourth-order valence-corrected chi connectivity index (χ4v) is 4.10. The fraction of sp³-hybridized carbons (Fsp3) is 0.250. The fourth-order valence-electron chi connectivity index (χ4n) is 2.62. The van der Waals surface area contributed by atoms with Crippen LogP contribution in [0.3, 0.4) is 0 Å². The third kappa shape index (κ3) is 5.39. The maximum atomic E-state index is 12.3. The lowest BCUT2D eigenvalue weighted by atomic mass is 10.2. The number of anilines is 1. The molecule has 0 saturated heterocycles. The number of sulfonamides is 1. The smallest absolute Gasteiger partial charge is 0.251 e. The van der Waals surface area contributed by atoms with Crippen molar-refractivity contribution in [2.24, 2.45) is 0 Å². The van der Waals surface area contributed by atoms with Gasteiger partial charge in [-0.2, -0.15) is 0 Å². The van der Waals surface area contributed by atoms with Crippen molar-refractivity contribution in [1.29, 1.82) is 0 Å². The second kappa shape index (κ2) is 9.77. The van der Waals surface area contributed by atoms with Gasteiger partial charge in [-0.15, -0.1) is 5.10 Å². The Morgan fingerprint density at radius 1 is 1.13 bits per heavy atom. The highest BCUT2D eigenvalue weighted by Gasteiger charge is 2.16. The predicted octanol–water partition coefficient (Wildman–Crippen LogP) is 2.78. The molecule has 0 bridgehead atoms. The summed E-state index contributed by atoms with van der Waals surface area (Å²) >= 11 is 1.44. The number of benzene rings is 2. The van der Waals surface area contributed by atoms with E-state index in [9.17, 15) is 13.2 Å². The Balaban J connectivity index is 1.48. The number of aromatic amines is 1. The van der Waals surface area contributed by atoms with Gasteiger partial charge in [-0.25, -0.2) is 13.4 Å². The van der Waals surface area contributed by atoms with Crippen LogP contribution in [-0.2, 0) is 10.0 Å². The number of carbonyl (C=O) groups excluding carboxylic acids is 1. The van der Waals surface area contributed by atoms with Gasteiger partial charge >= 0.3 is 0 Å². The van der Waals surface area contributed by atoms with Crippen molar-refractivity contribution in [3.8, 4) is 11.4 Å². The predicted molar refractivity (Wildman–Crippen MR) is 119 cm³/mol. The summed E-state index contributed by atoms with van der Waals surface area (Å²) in [6.07, 6.45) is 0. The van der Waals surface area contributed by atoms with Crippen LogP contribution in [0.4, 0.5) is 5.69 Å². The van der Waals surface area contributed by atoms with Crippen molar-refractivity contribution in [1.82, 2.24) is 20.5 Å². The minimum atomic E-state index is -3.33. The van der Waals surface area contributed by atoms with Crippen LogP contribution in [0, 0.1) is 0 Å². The molecule has 1 amide bonds. The summed E-state index contributed by atoms with van der Waals surface area (Å²) in [6.45, 7) is 2.04. The largest absolute Gasteiger partial charge is 0.351 e. The number of nitrogens with zero attached hydrogens (tertiary/aromatic N) is 3. The van der Waals surface area contributed by atoms with Gasteiger partial charge in [0.05, 0.1) is 11.4 Å². The Morgan fingerprint density at radius 2 is 1.83 bits per heavy atom. The van der Waals surface area contributed by atoms with Crippen LogP contribution in [-0.4, -0.2) is 54.6 Å². The van der Waals surface area contributed by atoms with Gasteiger partial charge in [0.1, 0.15) is 0 Å². The highest BCUT2D eigenvalue weighted by molar-refractivity contribution is 7.99. The minimum Gasteiger partial charge on any atom is -0.351 e. The number of amides is 1. The Hall–Kier alpha value is -2.85. The van der Waals surface area contributed by atoms with E-state index in [1.165, 1.54) is 23.1 Å². The van der Waals surface area contributed by atoms with E-state index < -0.39 is 10.0 Å². The van der Waals surface area contributed by atoms with Gasteiger partial charge in [-0.05, 0) is 31.2 Å². The molecule has 8 nitrogen and oxygen atoms in total. The lowest BCUT2D eigenvalue weighted by Gasteiger charge is -2.18. The molecule has 0 radical (unpaired) electrons. The molecule has 2 N–H and O–H groups in total. The molecular formula is C20H23N5O3S2. The number of hydrogen-bond donors (Lipinski definition) is 2. The quantitative estimate of drug-likeness (QED) is 0.387. The summed E-state index contributed by atoms with van der Waals surface area (Å²) < 4.78 is 25.1. The summed E-state index contributed by atoms with van der Waals surface area (Å²) in [5.41, 5.74) is 1.95. The molecule has 0 spiro atoms. The zero-order chi connectivity index (χ0) is 21.6. The first-order valence-electron chi connectivity index (χ1n) is 9.36. The van der Waals surface area contributed by atoms with Gasteiger partial charge in [0.15, 0.2) is 5.82 Å². The Kier molecular flexibility index (Phi) is 7.11. The van der Waals surface area contributed by atoms with E-state index in [0.717, 1.165) is 5.56 Å². The topological polar surface area (TPSA) is 108 Å². The number of aromatic nitrogens is 3. The molecule has 1 heterocycles. The summed E-state index contributed by atoms with van der Waals surface area (Å²) in [6, 6.07) is 16.2. The number of thioether (sulfide) groups is 1. The second-order valence-electron chi connectivity index (χ2n) is 6.35. The van der Waals surface area contributed by atoms with Gasteiger partial charge in [0.25, 0.3) is 5.91 Å². The van der Waals surface area contributed by atoms with E-state index in [1.54, 1.807) is 31.2 Å². The van der Waals surface area contributed by atoms with Crippen LogP contribution in [0.25, 0.3) is 11.4 Å². The highest BCUT2D eigenvalue weighted by atomic mass is 32.2. The van der Waals surface area contributed by atoms with E-state index in [-0.39, 0.29) is 11.7 Å². The van der Waals surface area contributed by atoms with Gasteiger partial charge in [0.2, 0.25) is 15.2 Å². The van der Waals surface area contributed by atoms with Crippen LogP contribution in [0.15, 0.2) is 59.8 Å². The van der Waals surface area contributed by atoms with Crippen molar-refractivity contribution >= 4 is 33.4 Å². The molecule has 0 aliphatic heterocycles. The van der Waals surface area contributed by atoms with Crippen molar-refractivity contribution in [2.75, 3.05) is 29.4 Å². The maximum absolute atomic E-state index is 12.3. The molecule has 3 rings (SSSR count). The molecule has 0 fully saturated rings. The van der Waals surface area contributed by atoms with Crippen LogP contribution in [0.1, 0.15) is 17.3 Å². The van der Waals surface area contributed by atoms with Crippen molar-refractivity contribution in [2.45, 2.75) is 12.1 Å². The number of hydrogen-bond acceptors (Lipinski definition) is 6. The molecule has 158 valence electrons. The van der Waals surface area contributed by atoms with Crippen molar-refractivity contribution < 1.29 is 13.2 Å². The SMILES string of the molecule is CCS(=O)(=O)N(C)c1ccc(C(=O)NCCSc2n[nH]c(-c3ccccc3)n2)cc1. The summed E-state index contributed by atoms with van der Waals surface area (Å²) in [5, 5.41) is 10.5. The van der Waals surface area contributed by atoms with Crippen molar-refractivity contribution in [3.05, 3.63) is 60.2 Å². The van der Waals surface area contributed by atoms with Gasteiger partial charge in [0, 0.05) is 30.5 Å². The standard InChI is InChI=1S/C20H23N5O3S2/c1-3-30(27,28)25(2)17-11-9-16(10-12-17)19(26)21-13-14-29-20-22-18(23-24-20)15-7-5-4-6-8-15/h4-12H,3,13-14H2,1-2H3,(H,21,26)(H,22,23,24). The average Bonchev–Trinajstić information content (AvgIpc) is 3.26. The second-order valence-corrected chi connectivity index (χ2v) is 9.70. The minimum absolute atomic E-state index is 0.0150. The lowest BCUT2D eigenvalue weighted by molar-refractivity contribution is 0.0956. The first-order valence-corrected chi connectivity index (χ1v) is 12.0. The molecule has 0 unspecified atom stereocenters. The first-order chi connectivity index (χ1) is 14.4. The molecule has 0 aliphatic carbocycles. The van der Waals surface area contributed by atoms with E-state index in [0.29, 0.717) is 34.5 Å². The van der Waals surface area contributed by atoms with E-state index >= 15 is 0 Å². The Bertz CT molecular complexity index is 1080. The van der Waals surface area contributed by atoms with E-state index in [4.69, 9.17) is 0 Å². The van der Waals surface area contributed by atoms with Crippen LogP contribution < -0.4 is 9.62 Å². The maximum Gasteiger partial charge on any atom is 0.251 e. The van der Waals surface area contributed by atoms with Crippen LogP contribution in [0.2, 0.25) is 0 Å². The zero-order valence-corrected chi connectivity index (χ0v) is 18.3. The third-order valence-corrected chi connectivity index (χ3v) is 7.03. The molecule has 3 aromatic rings. The van der Waals surface area contributed by atoms with Crippen LogP contribution in [0.5, 0.6) is 0 Å². The number of carbonyl (C=O) groups is 1. The lowest BCUT2D eigenvalue weighted by Crippen LogP contribution is -2.28. The number of H-pyrrole nitrogens is 1. The monoisotopic (exact) mass is 445 g/mol. The first kappa shape index (κ1) is 21.8. The van der Waals surface area contributed by atoms with Crippen LogP contribution >= 0.6 is 11.8 Å². The van der Waals surface area contributed by atoms with E-state index in [2.05, 4.69) is 20.5 Å². The molecule has 10 heteroatoms. The van der Waals surface area contributed by atoms with Crippen molar-refractivity contribution in [3.63, 3.8) is 0 Å². The molecule has 30 heavy (non-hydrogen) atoms. The zero-order valence-electron chi connectivity index (χ0n) is 16.7. The third-order valence-electron chi connectivity index (χ3n) is 4.41. The van der Waals surface area contributed by atoms with Gasteiger partial charge < -0.3 is 5.32 Å². The van der Waals surface area contributed by atoms with Gasteiger partial charge in [-0.1, -0.05) is 42.1 Å². The Morgan fingerprint density at radius 3 is 2.50 bits per heavy atom. The highest BCUT2D eigenvalue weighted by Crippen LogP contribution is 2.19. The molecule has 2 aromatic carbocycles. The molecule has 0 saturated carbocycles. The normalized spacial score (nSPS) is 11.3. The average molecular weight is 446 g/mol. The Labute approximate surface area is 180 Å². The summed E-state index contributed by atoms with van der Waals surface area (Å²) in [5.74, 6) is 1.12. The van der Waals surface area contributed by atoms with Gasteiger partial charge in [-0.3, -0.25) is 14.2 Å². The summed E-state index contributed by atoms with van der Waals surface area (Å²) in [7, 11) is -1.83. The summed E-state index contributed by atoms with van der Waals surface area (Å²) in [4.78, 5) is 16.7. The number of rotatable bonds is 9.